The smallest absolute Gasteiger partial charge is 0.195 e. The van der Waals surface area contributed by atoms with E-state index in [1.165, 1.54) is 0 Å². The van der Waals surface area contributed by atoms with E-state index < -0.39 is 0 Å². The van der Waals surface area contributed by atoms with Crippen molar-refractivity contribution in [2.75, 3.05) is 33.9 Å². The highest BCUT2D eigenvalue weighted by Gasteiger charge is 2.09. The number of methoxy groups -OCH3 is 1. The van der Waals surface area contributed by atoms with Crippen LogP contribution in [-0.2, 0) is 11.3 Å². The Bertz CT molecular complexity index is 578. The second-order valence-corrected chi connectivity index (χ2v) is 5.05. The number of hydrogen-bond acceptors (Lipinski definition) is 4. The quantitative estimate of drug-likeness (QED) is 0.795. The number of hydrogen-bond donors (Lipinski definition) is 1. The summed E-state index contributed by atoms with van der Waals surface area (Å²) in [4.78, 5) is 2.22. The highest BCUT2D eigenvalue weighted by atomic mass is 32.1. The van der Waals surface area contributed by atoms with Crippen molar-refractivity contribution in [1.29, 1.82) is 0 Å². The number of H-pyrrole nitrogens is 1. The fourth-order valence-electron chi connectivity index (χ4n) is 1.96. The summed E-state index contributed by atoms with van der Waals surface area (Å²) in [5.41, 5.74) is 1.07. The van der Waals surface area contributed by atoms with Crippen LogP contribution in [0.3, 0.4) is 0 Å². The van der Waals surface area contributed by atoms with Crippen molar-refractivity contribution >= 4 is 12.2 Å². The predicted octanol–water partition coefficient (Wildman–Crippen LogP) is 2.19. The minimum Gasteiger partial charge on any atom is -0.383 e. The second-order valence-electron chi connectivity index (χ2n) is 4.67. The molecule has 6 heteroatoms. The molecule has 0 amide bonds. The first kappa shape index (κ1) is 14.9. The SMILES string of the molecule is COCCN(C)CCn1c(-c2ccccc2)n[nH]c1=S. The molecule has 0 aliphatic heterocycles. The lowest BCUT2D eigenvalue weighted by Crippen LogP contribution is -2.27. The van der Waals surface area contributed by atoms with E-state index in [2.05, 4.69) is 22.1 Å². The summed E-state index contributed by atoms with van der Waals surface area (Å²) < 4.78 is 7.77. The van der Waals surface area contributed by atoms with Gasteiger partial charge in [-0.3, -0.25) is 9.67 Å². The monoisotopic (exact) mass is 292 g/mol. The number of rotatable bonds is 7. The third-order valence-electron chi connectivity index (χ3n) is 3.17. The molecule has 1 aromatic carbocycles. The minimum absolute atomic E-state index is 0.656. The molecule has 0 fully saturated rings. The molecule has 108 valence electrons. The maximum atomic E-state index is 5.31. The lowest BCUT2D eigenvalue weighted by Gasteiger charge is -2.16. The normalized spacial score (nSPS) is 11.2. The maximum Gasteiger partial charge on any atom is 0.195 e. The largest absolute Gasteiger partial charge is 0.383 e. The minimum atomic E-state index is 0.656. The van der Waals surface area contributed by atoms with Crippen LogP contribution in [0.4, 0.5) is 0 Å². The summed E-state index contributed by atoms with van der Waals surface area (Å²) in [5.74, 6) is 0.885. The molecule has 0 unspecified atom stereocenters. The first-order valence-corrected chi connectivity index (χ1v) is 7.01. The van der Waals surface area contributed by atoms with E-state index in [1.54, 1.807) is 7.11 Å². The molecule has 2 aromatic rings. The standard InChI is InChI=1S/C14H20N4OS/c1-17(10-11-19-2)8-9-18-13(15-16-14(18)20)12-6-4-3-5-7-12/h3-7H,8-11H2,1-2H3,(H,16,20). The summed E-state index contributed by atoms with van der Waals surface area (Å²) in [6.07, 6.45) is 0. The molecular formula is C14H20N4OS. The molecule has 0 saturated carbocycles. The van der Waals surface area contributed by atoms with Gasteiger partial charge in [-0.15, -0.1) is 0 Å². The van der Waals surface area contributed by atoms with Gasteiger partial charge in [0.05, 0.1) is 6.61 Å². The predicted molar refractivity (Wildman–Crippen MR) is 82.2 cm³/mol. The molecule has 0 aliphatic carbocycles. The van der Waals surface area contributed by atoms with Crippen molar-refractivity contribution in [1.82, 2.24) is 19.7 Å². The molecule has 2 rings (SSSR count). The van der Waals surface area contributed by atoms with E-state index in [0.29, 0.717) is 4.77 Å². The van der Waals surface area contributed by atoms with Gasteiger partial charge in [-0.25, -0.2) is 0 Å². The molecule has 0 bridgehead atoms. The van der Waals surface area contributed by atoms with E-state index in [-0.39, 0.29) is 0 Å². The van der Waals surface area contributed by atoms with Crippen molar-refractivity contribution in [2.45, 2.75) is 6.54 Å². The van der Waals surface area contributed by atoms with Crippen LogP contribution in [-0.4, -0.2) is 53.5 Å². The third-order valence-corrected chi connectivity index (χ3v) is 3.48. The van der Waals surface area contributed by atoms with Crippen LogP contribution in [0.1, 0.15) is 0 Å². The zero-order valence-corrected chi connectivity index (χ0v) is 12.7. The van der Waals surface area contributed by atoms with Crippen LogP contribution in [0.2, 0.25) is 0 Å². The lowest BCUT2D eigenvalue weighted by atomic mass is 10.2. The van der Waals surface area contributed by atoms with Crippen LogP contribution in [0.25, 0.3) is 11.4 Å². The zero-order valence-electron chi connectivity index (χ0n) is 11.9. The highest BCUT2D eigenvalue weighted by Crippen LogP contribution is 2.16. The molecule has 1 N–H and O–H groups in total. The van der Waals surface area contributed by atoms with E-state index in [1.807, 2.05) is 34.9 Å². The Kier molecular flexibility index (Phi) is 5.46. The molecule has 0 aliphatic rings. The summed E-state index contributed by atoms with van der Waals surface area (Å²) in [7, 11) is 3.79. The molecule has 0 radical (unpaired) electrons. The maximum absolute atomic E-state index is 5.31. The Morgan fingerprint density at radius 2 is 2.05 bits per heavy atom. The van der Waals surface area contributed by atoms with Gasteiger partial charge in [-0.05, 0) is 19.3 Å². The van der Waals surface area contributed by atoms with Gasteiger partial charge in [0.25, 0.3) is 0 Å². The summed E-state index contributed by atoms with van der Waals surface area (Å²) >= 11 is 5.31. The molecular weight excluding hydrogens is 272 g/mol. The fraction of sp³-hybridized carbons (Fsp3) is 0.429. The van der Waals surface area contributed by atoms with Gasteiger partial charge in [0, 0.05) is 32.3 Å². The molecule has 5 nitrogen and oxygen atoms in total. The summed E-state index contributed by atoms with van der Waals surface area (Å²) in [6.45, 7) is 3.35. The summed E-state index contributed by atoms with van der Waals surface area (Å²) in [6, 6.07) is 10.1. The average molecular weight is 292 g/mol. The van der Waals surface area contributed by atoms with Crippen molar-refractivity contribution in [2.24, 2.45) is 0 Å². The zero-order chi connectivity index (χ0) is 14.4. The molecule has 20 heavy (non-hydrogen) atoms. The molecule has 0 atom stereocenters. The summed E-state index contributed by atoms with van der Waals surface area (Å²) in [5, 5.41) is 7.20. The van der Waals surface area contributed by atoms with E-state index in [4.69, 9.17) is 17.0 Å². The number of nitrogens with one attached hydrogen (secondary N) is 1. The average Bonchev–Trinajstić information content (AvgIpc) is 2.85. The Labute approximate surface area is 124 Å². The van der Waals surface area contributed by atoms with Crippen molar-refractivity contribution in [3.63, 3.8) is 0 Å². The van der Waals surface area contributed by atoms with Crippen LogP contribution < -0.4 is 0 Å². The van der Waals surface area contributed by atoms with Crippen LogP contribution >= 0.6 is 12.2 Å². The number of aromatic nitrogens is 3. The van der Waals surface area contributed by atoms with Gasteiger partial charge in [0.1, 0.15) is 0 Å². The van der Waals surface area contributed by atoms with Crippen LogP contribution in [0.15, 0.2) is 30.3 Å². The highest BCUT2D eigenvalue weighted by molar-refractivity contribution is 7.71. The van der Waals surface area contributed by atoms with Gasteiger partial charge in [-0.2, -0.15) is 5.10 Å². The number of likely N-dealkylation sites (N-methyl/N-ethyl adjacent to an activating group) is 1. The first-order chi connectivity index (χ1) is 9.72. The van der Waals surface area contributed by atoms with E-state index >= 15 is 0 Å². The first-order valence-electron chi connectivity index (χ1n) is 6.60. The lowest BCUT2D eigenvalue weighted by molar-refractivity contribution is 0.159. The Morgan fingerprint density at radius 1 is 1.30 bits per heavy atom. The number of aromatic amines is 1. The van der Waals surface area contributed by atoms with Gasteiger partial charge >= 0.3 is 0 Å². The van der Waals surface area contributed by atoms with Gasteiger partial charge in [0.15, 0.2) is 10.6 Å². The van der Waals surface area contributed by atoms with Crippen molar-refractivity contribution < 1.29 is 4.74 Å². The van der Waals surface area contributed by atoms with Crippen LogP contribution in [0, 0.1) is 4.77 Å². The molecule has 1 aromatic heterocycles. The molecule has 0 spiro atoms. The number of ether oxygens (including phenoxy) is 1. The van der Waals surface area contributed by atoms with Gasteiger partial charge < -0.3 is 9.64 Å². The third kappa shape index (κ3) is 3.75. The van der Waals surface area contributed by atoms with Crippen molar-refractivity contribution in [3.8, 4) is 11.4 Å². The Balaban J connectivity index is 2.09. The topological polar surface area (TPSA) is 46.1 Å². The molecule has 1 heterocycles. The second kappa shape index (κ2) is 7.33. The number of nitrogens with zero attached hydrogens (tertiary/aromatic N) is 3. The van der Waals surface area contributed by atoms with E-state index in [9.17, 15) is 0 Å². The Morgan fingerprint density at radius 3 is 2.75 bits per heavy atom. The van der Waals surface area contributed by atoms with Gasteiger partial charge in [0.2, 0.25) is 0 Å². The van der Waals surface area contributed by atoms with Gasteiger partial charge in [-0.1, -0.05) is 30.3 Å². The van der Waals surface area contributed by atoms with Crippen LogP contribution in [0.5, 0.6) is 0 Å². The molecule has 0 saturated heterocycles. The Hall–Kier alpha value is -1.50. The fourth-order valence-corrected chi connectivity index (χ4v) is 2.19. The number of benzene rings is 1. The van der Waals surface area contributed by atoms with Crippen molar-refractivity contribution in [3.05, 3.63) is 35.1 Å². The van der Waals surface area contributed by atoms with E-state index in [0.717, 1.165) is 37.6 Å².